The van der Waals surface area contributed by atoms with Crippen LogP contribution >= 0.6 is 0 Å². The first-order valence-electron chi connectivity index (χ1n) is 6.57. The van der Waals surface area contributed by atoms with E-state index in [9.17, 15) is 8.42 Å². The minimum Gasteiger partial charge on any atom is -0.309 e. The third-order valence-corrected chi connectivity index (χ3v) is 4.65. The van der Waals surface area contributed by atoms with E-state index in [1.54, 1.807) is 0 Å². The maximum absolute atomic E-state index is 11.9. The zero-order valence-corrected chi connectivity index (χ0v) is 12.0. The SMILES string of the molecule is CCCNC(CS(=O)(=O)CCC)c1ccccc1. The highest BCUT2D eigenvalue weighted by atomic mass is 32.2. The second kappa shape index (κ2) is 7.54. The number of sulfone groups is 1. The summed E-state index contributed by atoms with van der Waals surface area (Å²) < 4.78 is 23.9. The normalized spacial score (nSPS) is 13.4. The summed E-state index contributed by atoms with van der Waals surface area (Å²) in [6, 6.07) is 9.71. The molecule has 0 bridgehead atoms. The van der Waals surface area contributed by atoms with Crippen molar-refractivity contribution in [1.82, 2.24) is 5.32 Å². The molecule has 0 spiro atoms. The first kappa shape index (κ1) is 15.2. The molecule has 0 amide bonds. The lowest BCUT2D eigenvalue weighted by molar-refractivity contribution is 0.546. The standard InChI is InChI=1S/C14H23NO2S/c1-3-10-15-14(12-18(16,17)11-4-2)13-8-6-5-7-9-13/h5-9,14-15H,3-4,10-12H2,1-2H3. The van der Waals surface area contributed by atoms with Crippen molar-refractivity contribution in [2.75, 3.05) is 18.1 Å². The van der Waals surface area contributed by atoms with Gasteiger partial charge < -0.3 is 5.32 Å². The Labute approximate surface area is 111 Å². The van der Waals surface area contributed by atoms with E-state index >= 15 is 0 Å². The maximum Gasteiger partial charge on any atom is 0.152 e. The fourth-order valence-electron chi connectivity index (χ4n) is 1.93. The van der Waals surface area contributed by atoms with Crippen LogP contribution in [0.1, 0.15) is 38.3 Å². The van der Waals surface area contributed by atoms with Gasteiger partial charge >= 0.3 is 0 Å². The Morgan fingerprint density at radius 2 is 1.78 bits per heavy atom. The van der Waals surface area contributed by atoms with Gasteiger partial charge in [0.2, 0.25) is 0 Å². The van der Waals surface area contributed by atoms with Gasteiger partial charge in [0.25, 0.3) is 0 Å². The topological polar surface area (TPSA) is 46.2 Å². The average Bonchev–Trinajstić information content (AvgIpc) is 2.35. The second-order valence-electron chi connectivity index (χ2n) is 4.53. The Morgan fingerprint density at radius 3 is 2.33 bits per heavy atom. The van der Waals surface area contributed by atoms with Crippen LogP contribution in [-0.2, 0) is 9.84 Å². The van der Waals surface area contributed by atoms with Crippen LogP contribution in [0.3, 0.4) is 0 Å². The minimum absolute atomic E-state index is 0.0947. The molecule has 1 atom stereocenters. The van der Waals surface area contributed by atoms with Gasteiger partial charge in [0.1, 0.15) is 0 Å². The molecule has 4 heteroatoms. The summed E-state index contributed by atoms with van der Waals surface area (Å²) in [6.45, 7) is 4.81. The molecule has 1 unspecified atom stereocenters. The summed E-state index contributed by atoms with van der Waals surface area (Å²) in [6.07, 6.45) is 1.68. The van der Waals surface area contributed by atoms with E-state index < -0.39 is 9.84 Å². The molecule has 0 heterocycles. The number of rotatable bonds is 8. The molecule has 3 nitrogen and oxygen atoms in total. The molecule has 1 N–H and O–H groups in total. The van der Waals surface area contributed by atoms with Gasteiger partial charge in [0.05, 0.1) is 5.75 Å². The summed E-state index contributed by atoms with van der Waals surface area (Å²) in [5.74, 6) is 0.453. The molecular weight excluding hydrogens is 246 g/mol. The van der Waals surface area contributed by atoms with Crippen LogP contribution in [0.25, 0.3) is 0 Å². The maximum atomic E-state index is 11.9. The zero-order chi connectivity index (χ0) is 13.4. The predicted octanol–water partition coefficient (Wildman–Crippen LogP) is 2.55. The van der Waals surface area contributed by atoms with Crippen LogP contribution in [0.2, 0.25) is 0 Å². The third kappa shape index (κ3) is 5.19. The summed E-state index contributed by atoms with van der Waals surface area (Å²) >= 11 is 0. The fraction of sp³-hybridized carbons (Fsp3) is 0.571. The lowest BCUT2D eigenvalue weighted by Crippen LogP contribution is -2.29. The Balaban J connectivity index is 2.79. The molecule has 18 heavy (non-hydrogen) atoms. The first-order valence-corrected chi connectivity index (χ1v) is 8.40. The molecule has 0 saturated carbocycles. The van der Waals surface area contributed by atoms with Crippen LogP contribution in [0.15, 0.2) is 30.3 Å². The van der Waals surface area contributed by atoms with Crippen molar-refractivity contribution in [1.29, 1.82) is 0 Å². The number of nitrogens with one attached hydrogen (secondary N) is 1. The van der Waals surface area contributed by atoms with Crippen molar-refractivity contribution < 1.29 is 8.42 Å². The Hall–Kier alpha value is -0.870. The van der Waals surface area contributed by atoms with Crippen LogP contribution in [0.4, 0.5) is 0 Å². The van der Waals surface area contributed by atoms with Crippen LogP contribution in [-0.4, -0.2) is 26.5 Å². The molecule has 0 aromatic heterocycles. The Kier molecular flexibility index (Phi) is 6.36. The van der Waals surface area contributed by atoms with Gasteiger partial charge in [-0.05, 0) is 24.9 Å². The van der Waals surface area contributed by atoms with Gasteiger partial charge in [0.15, 0.2) is 9.84 Å². The van der Waals surface area contributed by atoms with Crippen LogP contribution in [0, 0.1) is 0 Å². The molecule has 0 aliphatic rings. The largest absolute Gasteiger partial charge is 0.309 e. The lowest BCUT2D eigenvalue weighted by Gasteiger charge is -2.19. The third-order valence-electron chi connectivity index (χ3n) is 2.78. The summed E-state index contributed by atoms with van der Waals surface area (Å²) in [4.78, 5) is 0. The smallest absolute Gasteiger partial charge is 0.152 e. The van der Waals surface area contributed by atoms with Crippen molar-refractivity contribution in [3.8, 4) is 0 Å². The summed E-state index contributed by atoms with van der Waals surface area (Å²) in [5.41, 5.74) is 1.05. The number of hydrogen-bond acceptors (Lipinski definition) is 3. The molecule has 1 rings (SSSR count). The van der Waals surface area contributed by atoms with Crippen LogP contribution in [0.5, 0.6) is 0 Å². The van der Waals surface area contributed by atoms with Crippen molar-refractivity contribution in [2.45, 2.75) is 32.7 Å². The number of hydrogen-bond donors (Lipinski definition) is 1. The Bertz CT molecular complexity index is 428. The fourth-order valence-corrected chi connectivity index (χ4v) is 3.53. The molecule has 1 aromatic rings. The molecule has 102 valence electrons. The van der Waals surface area contributed by atoms with Crippen molar-refractivity contribution in [3.05, 3.63) is 35.9 Å². The van der Waals surface area contributed by atoms with Gasteiger partial charge in [-0.2, -0.15) is 0 Å². The molecular formula is C14H23NO2S. The van der Waals surface area contributed by atoms with E-state index in [0.29, 0.717) is 6.42 Å². The summed E-state index contributed by atoms with van der Waals surface area (Å²) in [5, 5.41) is 3.32. The Morgan fingerprint density at radius 1 is 1.11 bits per heavy atom. The molecule has 0 aliphatic carbocycles. The molecule has 0 fully saturated rings. The highest BCUT2D eigenvalue weighted by molar-refractivity contribution is 7.91. The van der Waals surface area contributed by atoms with Crippen molar-refractivity contribution in [3.63, 3.8) is 0 Å². The minimum atomic E-state index is -2.97. The van der Waals surface area contributed by atoms with Crippen molar-refractivity contribution in [2.24, 2.45) is 0 Å². The van der Waals surface area contributed by atoms with E-state index in [2.05, 4.69) is 12.2 Å². The molecule has 1 aromatic carbocycles. The predicted molar refractivity (Wildman–Crippen MR) is 76.4 cm³/mol. The highest BCUT2D eigenvalue weighted by Gasteiger charge is 2.19. The van der Waals surface area contributed by atoms with E-state index in [-0.39, 0.29) is 17.5 Å². The van der Waals surface area contributed by atoms with E-state index in [4.69, 9.17) is 0 Å². The molecule has 0 radical (unpaired) electrons. The van der Waals surface area contributed by atoms with Gasteiger partial charge in [-0.15, -0.1) is 0 Å². The molecule has 0 saturated heterocycles. The van der Waals surface area contributed by atoms with Crippen molar-refractivity contribution >= 4 is 9.84 Å². The zero-order valence-electron chi connectivity index (χ0n) is 11.2. The van der Waals surface area contributed by atoms with Gasteiger partial charge in [-0.25, -0.2) is 8.42 Å². The number of benzene rings is 1. The van der Waals surface area contributed by atoms with Gasteiger partial charge in [0, 0.05) is 11.8 Å². The van der Waals surface area contributed by atoms with E-state index in [0.717, 1.165) is 18.5 Å². The van der Waals surface area contributed by atoms with E-state index in [1.807, 2.05) is 37.3 Å². The summed E-state index contributed by atoms with van der Waals surface area (Å²) in [7, 11) is -2.97. The lowest BCUT2D eigenvalue weighted by atomic mass is 10.1. The molecule has 0 aliphatic heterocycles. The monoisotopic (exact) mass is 269 g/mol. The highest BCUT2D eigenvalue weighted by Crippen LogP contribution is 2.15. The van der Waals surface area contributed by atoms with E-state index in [1.165, 1.54) is 0 Å². The quantitative estimate of drug-likeness (QED) is 0.789. The van der Waals surface area contributed by atoms with Gasteiger partial charge in [-0.3, -0.25) is 0 Å². The average molecular weight is 269 g/mol. The first-order chi connectivity index (χ1) is 8.59. The van der Waals surface area contributed by atoms with Gasteiger partial charge in [-0.1, -0.05) is 44.2 Å². The van der Waals surface area contributed by atoms with Crippen LogP contribution < -0.4 is 5.32 Å². The second-order valence-corrected chi connectivity index (χ2v) is 6.76.